The van der Waals surface area contributed by atoms with E-state index in [1.165, 1.54) is 12.1 Å². The minimum absolute atomic E-state index is 0.285. The standard InChI is InChI=1S/C14H15ClFN3S/c15-13-9-12(16)2-1-11(13)10-18-4-6-19(7-5-18)14-17-3-8-20-14/h1-3,8-9H,4-7,10H2. The topological polar surface area (TPSA) is 19.4 Å². The van der Waals surface area contributed by atoms with Gasteiger partial charge in [0.1, 0.15) is 5.82 Å². The van der Waals surface area contributed by atoms with Crippen LogP contribution in [0.4, 0.5) is 9.52 Å². The summed E-state index contributed by atoms with van der Waals surface area (Å²) in [5.41, 5.74) is 0.982. The van der Waals surface area contributed by atoms with Crippen molar-refractivity contribution in [3.8, 4) is 0 Å². The maximum Gasteiger partial charge on any atom is 0.185 e. The van der Waals surface area contributed by atoms with Crippen LogP contribution in [0.5, 0.6) is 0 Å². The predicted octanol–water partition coefficient (Wildman–Crippen LogP) is 3.26. The Bertz CT molecular complexity index is 568. The Morgan fingerprint density at radius 3 is 2.70 bits per heavy atom. The molecule has 1 fully saturated rings. The number of benzene rings is 1. The van der Waals surface area contributed by atoms with E-state index < -0.39 is 0 Å². The number of rotatable bonds is 3. The van der Waals surface area contributed by atoms with Crippen LogP contribution in [0.3, 0.4) is 0 Å². The van der Waals surface area contributed by atoms with Crippen LogP contribution in [0, 0.1) is 5.82 Å². The highest BCUT2D eigenvalue weighted by molar-refractivity contribution is 7.13. The van der Waals surface area contributed by atoms with Crippen LogP contribution in [0.15, 0.2) is 29.8 Å². The van der Waals surface area contributed by atoms with E-state index in [1.807, 2.05) is 11.6 Å². The van der Waals surface area contributed by atoms with Crippen molar-refractivity contribution in [2.75, 3.05) is 31.1 Å². The first-order chi connectivity index (χ1) is 9.72. The lowest BCUT2D eigenvalue weighted by Crippen LogP contribution is -2.45. The first-order valence-corrected chi connectivity index (χ1v) is 7.79. The summed E-state index contributed by atoms with van der Waals surface area (Å²) >= 11 is 7.75. The van der Waals surface area contributed by atoms with Crippen molar-refractivity contribution in [1.29, 1.82) is 0 Å². The number of nitrogens with zero attached hydrogens (tertiary/aromatic N) is 3. The van der Waals surface area contributed by atoms with Gasteiger partial charge in [0.05, 0.1) is 0 Å². The molecule has 0 unspecified atom stereocenters. The third-order valence-electron chi connectivity index (χ3n) is 3.47. The van der Waals surface area contributed by atoms with Crippen LogP contribution >= 0.6 is 22.9 Å². The van der Waals surface area contributed by atoms with Crippen molar-refractivity contribution in [1.82, 2.24) is 9.88 Å². The van der Waals surface area contributed by atoms with Gasteiger partial charge in [-0.15, -0.1) is 11.3 Å². The second-order valence-corrected chi connectivity index (χ2v) is 6.09. The lowest BCUT2D eigenvalue weighted by Gasteiger charge is -2.34. The van der Waals surface area contributed by atoms with Crippen molar-refractivity contribution in [2.45, 2.75) is 6.54 Å². The van der Waals surface area contributed by atoms with Gasteiger partial charge >= 0.3 is 0 Å². The van der Waals surface area contributed by atoms with E-state index >= 15 is 0 Å². The number of aromatic nitrogens is 1. The van der Waals surface area contributed by atoms with Gasteiger partial charge in [-0.2, -0.15) is 0 Å². The minimum Gasteiger partial charge on any atom is -0.346 e. The number of piperazine rings is 1. The van der Waals surface area contributed by atoms with Crippen molar-refractivity contribution in [2.24, 2.45) is 0 Å². The maximum absolute atomic E-state index is 13.0. The Hall–Kier alpha value is -1.17. The fraction of sp³-hybridized carbons (Fsp3) is 0.357. The maximum atomic E-state index is 13.0. The number of halogens is 2. The average molecular weight is 312 g/mol. The van der Waals surface area contributed by atoms with E-state index in [-0.39, 0.29) is 5.82 Å². The second kappa shape index (κ2) is 6.08. The number of anilines is 1. The van der Waals surface area contributed by atoms with Crippen molar-refractivity contribution in [3.05, 3.63) is 46.2 Å². The fourth-order valence-corrected chi connectivity index (χ4v) is 3.28. The molecule has 0 aliphatic carbocycles. The highest BCUT2D eigenvalue weighted by Crippen LogP contribution is 2.22. The highest BCUT2D eigenvalue weighted by Gasteiger charge is 2.19. The van der Waals surface area contributed by atoms with Gasteiger partial charge in [-0.3, -0.25) is 4.90 Å². The Labute approximate surface area is 126 Å². The molecule has 0 saturated carbocycles. The summed E-state index contributed by atoms with van der Waals surface area (Å²) in [5, 5.41) is 3.59. The SMILES string of the molecule is Fc1ccc(CN2CCN(c3nccs3)CC2)c(Cl)c1. The number of thiazole rings is 1. The Kier molecular flexibility index (Phi) is 4.19. The first-order valence-electron chi connectivity index (χ1n) is 6.53. The van der Waals surface area contributed by atoms with Crippen molar-refractivity contribution < 1.29 is 4.39 Å². The van der Waals surface area contributed by atoms with Crippen molar-refractivity contribution >= 4 is 28.1 Å². The zero-order valence-electron chi connectivity index (χ0n) is 10.9. The molecule has 0 amide bonds. The van der Waals surface area contributed by atoms with Crippen LogP contribution in [0.2, 0.25) is 5.02 Å². The van der Waals surface area contributed by atoms with E-state index in [4.69, 9.17) is 11.6 Å². The van der Waals surface area contributed by atoms with E-state index in [2.05, 4.69) is 14.8 Å². The van der Waals surface area contributed by atoms with Crippen LogP contribution in [0.1, 0.15) is 5.56 Å². The number of hydrogen-bond donors (Lipinski definition) is 0. The first kappa shape index (κ1) is 13.8. The molecule has 0 atom stereocenters. The van der Waals surface area contributed by atoms with E-state index in [0.29, 0.717) is 5.02 Å². The van der Waals surface area contributed by atoms with E-state index in [9.17, 15) is 4.39 Å². The van der Waals surface area contributed by atoms with Gasteiger partial charge in [-0.25, -0.2) is 9.37 Å². The molecule has 3 rings (SSSR count). The molecule has 0 bridgehead atoms. The monoisotopic (exact) mass is 311 g/mol. The Morgan fingerprint density at radius 2 is 2.05 bits per heavy atom. The zero-order valence-corrected chi connectivity index (χ0v) is 12.5. The van der Waals surface area contributed by atoms with Gasteiger partial charge in [0.25, 0.3) is 0 Å². The van der Waals surface area contributed by atoms with Gasteiger partial charge < -0.3 is 4.90 Å². The third kappa shape index (κ3) is 3.11. The molecular formula is C14H15ClFN3S. The average Bonchev–Trinajstić information content (AvgIpc) is 2.97. The molecule has 0 spiro atoms. The molecule has 2 heterocycles. The summed E-state index contributed by atoms with van der Waals surface area (Å²) in [6, 6.07) is 4.61. The van der Waals surface area contributed by atoms with Gasteiger partial charge in [-0.05, 0) is 17.7 Å². The molecule has 6 heteroatoms. The third-order valence-corrected chi connectivity index (χ3v) is 4.66. The van der Waals surface area contributed by atoms with E-state index in [0.717, 1.165) is 43.4 Å². The molecule has 1 aromatic carbocycles. The quantitative estimate of drug-likeness (QED) is 0.867. The summed E-state index contributed by atoms with van der Waals surface area (Å²) in [5.74, 6) is -0.285. The smallest absolute Gasteiger partial charge is 0.185 e. The molecule has 106 valence electrons. The highest BCUT2D eigenvalue weighted by atomic mass is 35.5. The summed E-state index contributed by atoms with van der Waals surface area (Å²) in [6.07, 6.45) is 1.84. The summed E-state index contributed by atoms with van der Waals surface area (Å²) in [7, 11) is 0. The lowest BCUT2D eigenvalue weighted by molar-refractivity contribution is 0.250. The summed E-state index contributed by atoms with van der Waals surface area (Å²) < 4.78 is 13.0. The molecule has 1 saturated heterocycles. The van der Waals surface area contributed by atoms with Gasteiger partial charge in [0.15, 0.2) is 5.13 Å². The summed E-state index contributed by atoms with van der Waals surface area (Å²) in [4.78, 5) is 8.97. The van der Waals surface area contributed by atoms with Gasteiger partial charge in [0.2, 0.25) is 0 Å². The van der Waals surface area contributed by atoms with Crippen LogP contribution in [-0.2, 0) is 6.54 Å². The molecule has 1 aromatic heterocycles. The Balaban J connectivity index is 1.58. The normalized spacial score (nSPS) is 16.6. The Morgan fingerprint density at radius 1 is 1.25 bits per heavy atom. The molecule has 1 aliphatic heterocycles. The predicted molar refractivity (Wildman–Crippen MR) is 81.0 cm³/mol. The van der Waals surface area contributed by atoms with Gasteiger partial charge in [0, 0.05) is 49.3 Å². The molecule has 1 aliphatic rings. The largest absolute Gasteiger partial charge is 0.346 e. The molecule has 0 N–H and O–H groups in total. The molecule has 20 heavy (non-hydrogen) atoms. The van der Waals surface area contributed by atoms with Crippen LogP contribution < -0.4 is 4.90 Å². The molecule has 3 nitrogen and oxygen atoms in total. The van der Waals surface area contributed by atoms with Crippen LogP contribution in [0.25, 0.3) is 0 Å². The molecule has 2 aromatic rings. The van der Waals surface area contributed by atoms with Gasteiger partial charge in [-0.1, -0.05) is 17.7 Å². The number of hydrogen-bond acceptors (Lipinski definition) is 4. The molecular weight excluding hydrogens is 297 g/mol. The molecule has 0 radical (unpaired) electrons. The lowest BCUT2D eigenvalue weighted by atomic mass is 10.2. The van der Waals surface area contributed by atoms with Crippen LogP contribution in [-0.4, -0.2) is 36.1 Å². The zero-order chi connectivity index (χ0) is 13.9. The van der Waals surface area contributed by atoms with E-state index in [1.54, 1.807) is 17.4 Å². The second-order valence-electron chi connectivity index (χ2n) is 4.81. The fourth-order valence-electron chi connectivity index (χ4n) is 2.36. The minimum atomic E-state index is -0.285. The summed E-state index contributed by atoms with van der Waals surface area (Å²) in [6.45, 7) is 4.63. The van der Waals surface area contributed by atoms with Crippen molar-refractivity contribution in [3.63, 3.8) is 0 Å².